The Morgan fingerprint density at radius 2 is 1.91 bits per heavy atom. The highest BCUT2D eigenvalue weighted by atomic mass is 35.5. The fourth-order valence-electron chi connectivity index (χ4n) is 5.15. The first-order chi connectivity index (χ1) is 16.3. The topological polar surface area (TPSA) is 113 Å². The Morgan fingerprint density at radius 1 is 1.18 bits per heavy atom. The van der Waals surface area contributed by atoms with Crippen molar-refractivity contribution in [3.05, 3.63) is 44.8 Å². The molecule has 2 saturated heterocycles. The molecule has 0 aliphatic carbocycles. The zero-order valence-corrected chi connectivity index (χ0v) is 20.8. The molecule has 34 heavy (non-hydrogen) atoms. The number of piperidine rings is 1. The van der Waals surface area contributed by atoms with E-state index in [9.17, 15) is 13.2 Å². The molecule has 0 saturated carbocycles. The predicted octanol–water partition coefficient (Wildman–Crippen LogP) is 3.19. The van der Waals surface area contributed by atoms with Crippen molar-refractivity contribution in [3.63, 3.8) is 0 Å². The Hall–Kier alpha value is -2.14. The van der Waals surface area contributed by atoms with Gasteiger partial charge in [0.2, 0.25) is 16.0 Å². The van der Waals surface area contributed by atoms with E-state index < -0.39 is 10.0 Å². The van der Waals surface area contributed by atoms with Crippen LogP contribution in [0.15, 0.2) is 23.0 Å². The van der Waals surface area contributed by atoms with Crippen LogP contribution in [0.5, 0.6) is 0 Å². The van der Waals surface area contributed by atoms with Crippen molar-refractivity contribution in [1.29, 1.82) is 0 Å². The molecule has 3 aromatic rings. The molecule has 4 heterocycles. The van der Waals surface area contributed by atoms with Gasteiger partial charge in [-0.3, -0.25) is 9.89 Å². The first-order valence-corrected chi connectivity index (χ1v) is 14.0. The second kappa shape index (κ2) is 9.49. The number of hydrogen-bond donors (Lipinski definition) is 2. The van der Waals surface area contributed by atoms with Gasteiger partial charge in [0.25, 0.3) is 5.56 Å². The molecule has 2 fully saturated rings. The summed E-state index contributed by atoms with van der Waals surface area (Å²) in [7, 11) is -3.21. The van der Waals surface area contributed by atoms with Gasteiger partial charge in [0.15, 0.2) is 0 Å². The minimum absolute atomic E-state index is 0.0930. The maximum atomic E-state index is 13.6. The summed E-state index contributed by atoms with van der Waals surface area (Å²) in [6.07, 6.45) is 6.25. The van der Waals surface area contributed by atoms with Crippen LogP contribution in [0.2, 0.25) is 5.02 Å². The van der Waals surface area contributed by atoms with Crippen LogP contribution in [0, 0.1) is 5.92 Å². The van der Waals surface area contributed by atoms with Gasteiger partial charge < -0.3 is 9.72 Å². The summed E-state index contributed by atoms with van der Waals surface area (Å²) in [6.45, 7) is 2.47. The highest BCUT2D eigenvalue weighted by Gasteiger charge is 2.30. The number of hydrogen-bond acceptors (Lipinski definition) is 5. The van der Waals surface area contributed by atoms with E-state index in [2.05, 4.69) is 15.1 Å². The van der Waals surface area contributed by atoms with Gasteiger partial charge in [-0.1, -0.05) is 11.6 Å². The number of rotatable bonds is 6. The Balaban J connectivity index is 1.47. The summed E-state index contributed by atoms with van der Waals surface area (Å²) in [5, 5.41) is 3.93. The van der Waals surface area contributed by atoms with Crippen LogP contribution in [0.25, 0.3) is 17.0 Å². The molecule has 2 aliphatic rings. The molecule has 0 atom stereocenters. The molecule has 11 heteroatoms. The first kappa shape index (κ1) is 23.6. The van der Waals surface area contributed by atoms with Crippen LogP contribution in [0.3, 0.4) is 0 Å². The molecule has 0 unspecified atom stereocenters. The molecule has 2 N–H and O–H groups in total. The number of nitrogens with one attached hydrogen (secondary N) is 2. The maximum absolute atomic E-state index is 13.6. The predicted molar refractivity (Wildman–Crippen MR) is 131 cm³/mol. The van der Waals surface area contributed by atoms with Crippen LogP contribution >= 0.6 is 11.6 Å². The lowest BCUT2D eigenvalue weighted by Gasteiger charge is -2.30. The lowest BCUT2D eigenvalue weighted by molar-refractivity contribution is 0.0640. The van der Waals surface area contributed by atoms with Gasteiger partial charge in [-0.25, -0.2) is 17.7 Å². The molecular weight excluding hydrogens is 478 g/mol. The van der Waals surface area contributed by atoms with Crippen molar-refractivity contribution in [2.45, 2.75) is 44.4 Å². The smallest absolute Gasteiger partial charge is 0.277 e. The van der Waals surface area contributed by atoms with Crippen molar-refractivity contribution in [3.8, 4) is 5.95 Å². The van der Waals surface area contributed by atoms with Crippen LogP contribution in [0.1, 0.15) is 49.3 Å². The molecule has 2 aromatic heterocycles. The van der Waals surface area contributed by atoms with Gasteiger partial charge in [-0.15, -0.1) is 0 Å². The van der Waals surface area contributed by atoms with Crippen LogP contribution in [-0.4, -0.2) is 65.0 Å². The number of imidazole rings is 1. The summed E-state index contributed by atoms with van der Waals surface area (Å²) < 4.78 is 32.4. The number of fused-ring (bicyclic) bond motifs is 1. The third-order valence-electron chi connectivity index (χ3n) is 7.14. The number of ether oxygens (including phenoxy) is 1. The summed E-state index contributed by atoms with van der Waals surface area (Å²) in [6, 6.07) is 5.38. The number of nitrogens with zero attached hydrogens (tertiary/aromatic N) is 3. The average molecular weight is 508 g/mol. The maximum Gasteiger partial charge on any atom is 0.277 e. The van der Waals surface area contributed by atoms with E-state index in [4.69, 9.17) is 16.3 Å². The summed E-state index contributed by atoms with van der Waals surface area (Å²) in [5.41, 5.74) is 3.08. The summed E-state index contributed by atoms with van der Waals surface area (Å²) in [5.74, 6) is 1.06. The first-order valence-electron chi connectivity index (χ1n) is 11.8. The SMILES string of the molecule is CS(=O)(=O)N1CCC(c2[nH]n(-c3nc4ccc(Cl)cc4[nH]3)c(=O)c2CCC2CCOCC2)CC1. The summed E-state index contributed by atoms with van der Waals surface area (Å²) >= 11 is 6.12. The van der Waals surface area contributed by atoms with Crippen molar-refractivity contribution >= 4 is 32.7 Å². The van der Waals surface area contributed by atoms with E-state index in [1.807, 2.05) is 6.07 Å². The molecule has 2 aliphatic heterocycles. The molecule has 0 spiro atoms. The second-order valence-corrected chi connectivity index (χ2v) is 11.8. The van der Waals surface area contributed by atoms with Gasteiger partial charge in [0.05, 0.1) is 17.3 Å². The lowest BCUT2D eigenvalue weighted by Crippen LogP contribution is -2.37. The monoisotopic (exact) mass is 507 g/mol. The molecule has 0 amide bonds. The Bertz CT molecular complexity index is 1330. The minimum atomic E-state index is -3.21. The van der Waals surface area contributed by atoms with Crippen molar-refractivity contribution in [1.82, 2.24) is 24.1 Å². The molecule has 1 aromatic carbocycles. The third kappa shape index (κ3) is 4.82. The Morgan fingerprint density at radius 3 is 2.62 bits per heavy atom. The quantitative estimate of drug-likeness (QED) is 0.532. The molecule has 0 bridgehead atoms. The van der Waals surface area contributed by atoms with Crippen LogP contribution in [0.4, 0.5) is 0 Å². The van der Waals surface area contributed by atoms with E-state index in [1.54, 1.807) is 12.1 Å². The van der Waals surface area contributed by atoms with E-state index in [-0.39, 0.29) is 11.5 Å². The van der Waals surface area contributed by atoms with E-state index in [0.717, 1.165) is 54.8 Å². The molecular formula is C23H30ClN5O4S. The number of sulfonamides is 1. The lowest BCUT2D eigenvalue weighted by atomic mass is 9.88. The highest BCUT2D eigenvalue weighted by Crippen LogP contribution is 2.31. The van der Waals surface area contributed by atoms with Crippen molar-refractivity contribution in [2.75, 3.05) is 32.6 Å². The van der Waals surface area contributed by atoms with Crippen LogP contribution in [-0.2, 0) is 21.2 Å². The fourth-order valence-corrected chi connectivity index (χ4v) is 6.20. The number of aromatic nitrogens is 4. The Kier molecular flexibility index (Phi) is 6.58. The van der Waals surface area contributed by atoms with Crippen molar-refractivity contribution in [2.24, 2.45) is 5.92 Å². The zero-order valence-electron chi connectivity index (χ0n) is 19.2. The molecule has 9 nitrogen and oxygen atoms in total. The Labute approximate surface area is 203 Å². The van der Waals surface area contributed by atoms with E-state index in [1.165, 1.54) is 15.2 Å². The number of H-pyrrole nitrogens is 2. The third-order valence-corrected chi connectivity index (χ3v) is 8.67. The largest absolute Gasteiger partial charge is 0.381 e. The van der Waals surface area contributed by atoms with Gasteiger partial charge >= 0.3 is 0 Å². The molecule has 184 valence electrons. The normalized spacial score (nSPS) is 19.2. The minimum Gasteiger partial charge on any atom is -0.381 e. The zero-order chi connectivity index (χ0) is 23.9. The number of benzene rings is 1. The van der Waals surface area contributed by atoms with Crippen molar-refractivity contribution < 1.29 is 13.2 Å². The van der Waals surface area contributed by atoms with Gasteiger partial charge in [0.1, 0.15) is 0 Å². The second-order valence-electron chi connectivity index (χ2n) is 9.40. The van der Waals surface area contributed by atoms with Crippen LogP contribution < -0.4 is 5.56 Å². The fraction of sp³-hybridized carbons (Fsp3) is 0.565. The van der Waals surface area contributed by atoms with Gasteiger partial charge in [0, 0.05) is 48.5 Å². The van der Waals surface area contributed by atoms with E-state index in [0.29, 0.717) is 49.2 Å². The molecule has 5 rings (SSSR count). The van der Waals surface area contributed by atoms with Gasteiger partial charge in [-0.2, -0.15) is 4.68 Å². The molecule has 0 radical (unpaired) electrons. The highest BCUT2D eigenvalue weighted by molar-refractivity contribution is 7.88. The van der Waals surface area contributed by atoms with Gasteiger partial charge in [-0.05, 0) is 62.6 Å². The van der Waals surface area contributed by atoms with E-state index >= 15 is 0 Å². The number of aromatic amines is 2. The average Bonchev–Trinajstić information content (AvgIpc) is 3.38. The number of halogens is 1. The summed E-state index contributed by atoms with van der Waals surface area (Å²) in [4.78, 5) is 21.4. The standard InChI is InChI=1S/C23H30ClN5O4S/c1-34(31,32)28-10-6-16(7-11-28)21-18(4-2-15-8-12-33-13-9-15)22(30)29(27-21)23-25-19-5-3-17(24)14-20(19)26-23/h3,5,14-16,27H,2,4,6-13H2,1H3,(H,25,26).